The summed E-state index contributed by atoms with van der Waals surface area (Å²) in [6, 6.07) is 3.02. The molecule has 1 heterocycles. The first kappa shape index (κ1) is 16.2. The molecule has 0 unspecified atom stereocenters. The maximum Gasteiger partial charge on any atom is 0.227 e. The van der Waals surface area contributed by atoms with Crippen molar-refractivity contribution in [1.82, 2.24) is 14.9 Å². The van der Waals surface area contributed by atoms with Gasteiger partial charge in [0.05, 0.1) is 26.8 Å². The number of hydrogen-bond acceptors (Lipinski definition) is 2. The normalized spacial score (nSPS) is 11.9. The van der Waals surface area contributed by atoms with Gasteiger partial charge in [0, 0.05) is 19.7 Å². The topological polar surface area (TPSA) is 46.9 Å². The summed E-state index contributed by atoms with van der Waals surface area (Å²) in [5, 5.41) is 2.65. The van der Waals surface area contributed by atoms with Crippen LogP contribution in [0.1, 0.15) is 19.7 Å². The van der Waals surface area contributed by atoms with Crippen LogP contribution in [0.4, 0.5) is 4.39 Å². The summed E-state index contributed by atoms with van der Waals surface area (Å²) >= 11 is 9.11. The van der Waals surface area contributed by atoms with Gasteiger partial charge in [-0.1, -0.05) is 0 Å². The van der Waals surface area contributed by atoms with Gasteiger partial charge >= 0.3 is 0 Å². The molecule has 0 saturated carbocycles. The van der Waals surface area contributed by atoms with Crippen LogP contribution in [0.25, 0.3) is 11.0 Å². The fourth-order valence-electron chi connectivity index (χ4n) is 2.25. The number of halogens is 3. The third-order valence-electron chi connectivity index (χ3n) is 3.38. The molecule has 0 aliphatic heterocycles. The summed E-state index contributed by atoms with van der Waals surface area (Å²) in [5.41, 5.74) is 0.638. The number of aromatic nitrogens is 2. The monoisotopic (exact) mass is 375 g/mol. The second kappa shape index (κ2) is 5.93. The number of carbonyl (C=O) groups excluding carboxylic acids is 1. The van der Waals surface area contributed by atoms with E-state index >= 15 is 0 Å². The van der Waals surface area contributed by atoms with E-state index in [1.807, 2.05) is 18.4 Å². The molecule has 0 radical (unpaired) electrons. The predicted molar refractivity (Wildman–Crippen MR) is 84.8 cm³/mol. The molecular weight excluding hydrogens is 361 g/mol. The fourth-order valence-corrected chi connectivity index (χ4v) is 2.79. The highest BCUT2D eigenvalue weighted by Gasteiger charge is 2.29. The first-order valence-electron chi connectivity index (χ1n) is 6.42. The molecule has 114 valence electrons. The standard InChI is InChI=1S/C14H16BrClFN3O/c1-14(2,13(21)18-3)7-20-11-4-8(15)9(17)5-10(11)19-12(20)6-16/h4-5H,6-7H2,1-3H3,(H,18,21). The lowest BCUT2D eigenvalue weighted by Crippen LogP contribution is -2.38. The van der Waals surface area contributed by atoms with Crippen LogP contribution in [0.2, 0.25) is 0 Å². The first-order chi connectivity index (χ1) is 9.80. The Hall–Kier alpha value is -1.14. The van der Waals surface area contributed by atoms with Crippen molar-refractivity contribution in [2.24, 2.45) is 5.41 Å². The lowest BCUT2D eigenvalue weighted by Gasteiger charge is -2.24. The third-order valence-corrected chi connectivity index (χ3v) is 4.23. The van der Waals surface area contributed by atoms with E-state index in [2.05, 4.69) is 26.2 Å². The van der Waals surface area contributed by atoms with Gasteiger partial charge in [0.2, 0.25) is 5.91 Å². The Labute approximate surface area is 135 Å². The number of carbonyl (C=O) groups is 1. The number of alkyl halides is 1. The van der Waals surface area contributed by atoms with Crippen LogP contribution in [0.3, 0.4) is 0 Å². The third kappa shape index (κ3) is 3.06. The van der Waals surface area contributed by atoms with E-state index in [4.69, 9.17) is 11.6 Å². The van der Waals surface area contributed by atoms with E-state index < -0.39 is 5.41 Å². The maximum atomic E-state index is 13.6. The quantitative estimate of drug-likeness (QED) is 0.831. The number of nitrogens with one attached hydrogen (secondary N) is 1. The van der Waals surface area contributed by atoms with Crippen molar-refractivity contribution in [3.8, 4) is 0 Å². The molecule has 4 nitrogen and oxygen atoms in total. The minimum absolute atomic E-state index is 0.0777. The Balaban J connectivity index is 2.56. The summed E-state index contributed by atoms with van der Waals surface area (Å²) in [4.78, 5) is 16.3. The van der Waals surface area contributed by atoms with E-state index in [9.17, 15) is 9.18 Å². The SMILES string of the molecule is CNC(=O)C(C)(C)Cn1c(CCl)nc2cc(F)c(Br)cc21. The Morgan fingerprint density at radius 2 is 2.19 bits per heavy atom. The minimum atomic E-state index is -0.635. The molecule has 2 aromatic rings. The molecule has 0 aliphatic rings. The summed E-state index contributed by atoms with van der Waals surface area (Å²) in [6.45, 7) is 4.09. The van der Waals surface area contributed by atoms with Crippen LogP contribution in [-0.4, -0.2) is 22.5 Å². The molecule has 2 rings (SSSR count). The van der Waals surface area contributed by atoms with Gasteiger partial charge in [-0.2, -0.15) is 0 Å². The van der Waals surface area contributed by atoms with Gasteiger partial charge < -0.3 is 9.88 Å². The van der Waals surface area contributed by atoms with Crippen molar-refractivity contribution >= 4 is 44.5 Å². The average Bonchev–Trinajstić information content (AvgIpc) is 2.75. The molecule has 1 N–H and O–H groups in total. The van der Waals surface area contributed by atoms with Crippen molar-refractivity contribution in [2.75, 3.05) is 7.05 Å². The van der Waals surface area contributed by atoms with Crippen LogP contribution < -0.4 is 5.32 Å². The van der Waals surface area contributed by atoms with E-state index in [0.29, 0.717) is 22.4 Å². The highest BCUT2D eigenvalue weighted by molar-refractivity contribution is 9.10. The van der Waals surface area contributed by atoms with Gasteiger partial charge in [-0.25, -0.2) is 9.37 Å². The molecule has 0 fully saturated rings. The Morgan fingerprint density at radius 3 is 2.76 bits per heavy atom. The van der Waals surface area contributed by atoms with E-state index in [0.717, 1.165) is 5.52 Å². The number of hydrogen-bond donors (Lipinski definition) is 1. The molecule has 0 spiro atoms. The summed E-state index contributed by atoms with van der Waals surface area (Å²) in [6.07, 6.45) is 0. The highest BCUT2D eigenvalue weighted by atomic mass is 79.9. The lowest BCUT2D eigenvalue weighted by molar-refractivity contribution is -0.129. The highest BCUT2D eigenvalue weighted by Crippen LogP contribution is 2.28. The molecular formula is C14H16BrClFN3O. The minimum Gasteiger partial charge on any atom is -0.359 e. The number of nitrogens with zero attached hydrogens (tertiary/aromatic N) is 2. The Bertz CT molecular complexity index is 699. The van der Waals surface area contributed by atoms with Crippen LogP contribution in [0.5, 0.6) is 0 Å². The largest absolute Gasteiger partial charge is 0.359 e. The average molecular weight is 377 g/mol. The van der Waals surface area contributed by atoms with E-state index in [1.165, 1.54) is 6.07 Å². The number of rotatable bonds is 4. The smallest absolute Gasteiger partial charge is 0.227 e. The molecule has 0 atom stereocenters. The summed E-state index contributed by atoms with van der Waals surface area (Å²) in [7, 11) is 1.60. The van der Waals surface area contributed by atoms with Crippen LogP contribution in [0.15, 0.2) is 16.6 Å². The van der Waals surface area contributed by atoms with Gasteiger partial charge in [0.1, 0.15) is 11.6 Å². The zero-order chi connectivity index (χ0) is 15.8. The van der Waals surface area contributed by atoms with Crippen LogP contribution >= 0.6 is 27.5 Å². The zero-order valence-electron chi connectivity index (χ0n) is 12.0. The molecule has 0 aliphatic carbocycles. The van der Waals surface area contributed by atoms with Crippen molar-refractivity contribution in [1.29, 1.82) is 0 Å². The molecule has 21 heavy (non-hydrogen) atoms. The fraction of sp³-hybridized carbons (Fsp3) is 0.429. The van der Waals surface area contributed by atoms with Gasteiger partial charge in [0.25, 0.3) is 0 Å². The molecule has 1 aromatic carbocycles. The Kier molecular flexibility index (Phi) is 4.58. The van der Waals surface area contributed by atoms with Gasteiger partial charge in [-0.05, 0) is 35.8 Å². The molecule has 1 amide bonds. The van der Waals surface area contributed by atoms with Crippen molar-refractivity contribution < 1.29 is 9.18 Å². The second-order valence-corrected chi connectivity index (χ2v) is 6.59. The van der Waals surface area contributed by atoms with Gasteiger partial charge in [0.15, 0.2) is 0 Å². The van der Waals surface area contributed by atoms with Crippen molar-refractivity contribution in [3.63, 3.8) is 0 Å². The first-order valence-corrected chi connectivity index (χ1v) is 7.75. The molecule has 7 heteroatoms. The van der Waals surface area contributed by atoms with Gasteiger partial charge in [-0.3, -0.25) is 4.79 Å². The van der Waals surface area contributed by atoms with Crippen molar-refractivity contribution in [2.45, 2.75) is 26.3 Å². The molecule has 0 bridgehead atoms. The second-order valence-electron chi connectivity index (χ2n) is 5.47. The molecule has 0 saturated heterocycles. The molecule has 1 aromatic heterocycles. The summed E-state index contributed by atoms with van der Waals surface area (Å²) in [5.74, 6) is 0.351. The Morgan fingerprint density at radius 1 is 1.52 bits per heavy atom. The van der Waals surface area contributed by atoms with Gasteiger partial charge in [-0.15, -0.1) is 11.6 Å². The van der Waals surface area contributed by atoms with E-state index in [-0.39, 0.29) is 17.6 Å². The van der Waals surface area contributed by atoms with Crippen LogP contribution in [0, 0.1) is 11.2 Å². The zero-order valence-corrected chi connectivity index (χ0v) is 14.3. The van der Waals surface area contributed by atoms with E-state index in [1.54, 1.807) is 13.1 Å². The van der Waals surface area contributed by atoms with Crippen molar-refractivity contribution in [3.05, 3.63) is 28.2 Å². The maximum absolute atomic E-state index is 13.6. The number of imidazole rings is 1. The van der Waals surface area contributed by atoms with Crippen LogP contribution in [-0.2, 0) is 17.2 Å². The lowest BCUT2D eigenvalue weighted by atomic mass is 9.92. The number of fused-ring (bicyclic) bond motifs is 1. The number of amides is 1. The summed E-state index contributed by atoms with van der Waals surface area (Å²) < 4.78 is 15.8. The number of benzene rings is 1. The predicted octanol–water partition coefficient (Wildman–Crippen LogP) is 3.45.